The maximum Gasteiger partial charge on any atom is 0.307 e. The third kappa shape index (κ3) is 4.18. The molecule has 2 aromatic carbocycles. The first-order valence-corrected chi connectivity index (χ1v) is 26.1. The first kappa shape index (κ1) is 31.2. The summed E-state index contributed by atoms with van der Waals surface area (Å²) in [5, 5.41) is 0. The van der Waals surface area contributed by atoms with E-state index >= 15 is 0 Å². The van der Waals surface area contributed by atoms with E-state index in [9.17, 15) is 0 Å². The predicted octanol–water partition coefficient (Wildman–Crippen LogP) is 7.98. The van der Waals surface area contributed by atoms with Gasteiger partial charge >= 0.3 is 13.8 Å². The molecular weight excluding hydrogens is 517 g/mol. The highest BCUT2D eigenvalue weighted by Crippen LogP contribution is 2.87. The largest absolute Gasteiger partial charge is 0.492 e. The van der Waals surface area contributed by atoms with Crippen LogP contribution in [0.25, 0.3) is 0 Å². The molecule has 0 spiro atoms. The highest BCUT2D eigenvalue weighted by atomic mass is 28.3. The van der Waals surface area contributed by atoms with Gasteiger partial charge in [0.25, 0.3) is 0 Å². The summed E-state index contributed by atoms with van der Waals surface area (Å²) < 4.78 is 7.83. The average Bonchev–Trinajstić information content (AvgIpc) is 3.23. The first-order chi connectivity index (χ1) is 17.6. The Kier molecular flexibility index (Phi) is 7.50. The van der Waals surface area contributed by atoms with Crippen LogP contribution in [0.15, 0.2) is 12.1 Å². The zero-order chi connectivity index (χ0) is 29.8. The van der Waals surface area contributed by atoms with Crippen LogP contribution >= 0.6 is 0 Å². The van der Waals surface area contributed by atoms with E-state index in [1.165, 1.54) is 61.4 Å². The second-order valence-corrected chi connectivity index (χ2v) is 33.0. The van der Waals surface area contributed by atoms with Gasteiger partial charge in [-0.2, -0.15) is 0 Å². The zero-order valence-electron chi connectivity index (χ0n) is 28.5. The van der Waals surface area contributed by atoms with Crippen LogP contribution in [0, 0.1) is 55.4 Å². The summed E-state index contributed by atoms with van der Waals surface area (Å²) in [6.07, 6.45) is 0. The van der Waals surface area contributed by atoms with Crippen LogP contribution in [0.3, 0.4) is 0 Å². The van der Waals surface area contributed by atoms with Crippen molar-refractivity contribution in [2.75, 3.05) is 0 Å². The van der Waals surface area contributed by atoms with Gasteiger partial charge in [-0.15, -0.1) is 0 Å². The number of hydrogen-bond donors (Lipinski definition) is 0. The third-order valence-electron chi connectivity index (χ3n) is 11.5. The maximum atomic E-state index is 7.83. The molecule has 2 aliphatic heterocycles. The molecule has 2 fully saturated rings. The fourth-order valence-corrected chi connectivity index (χ4v) is 22.0. The van der Waals surface area contributed by atoms with Crippen molar-refractivity contribution < 1.29 is 4.57 Å². The lowest BCUT2D eigenvalue weighted by Gasteiger charge is -2.41. The van der Waals surface area contributed by atoms with Gasteiger partial charge in [0, 0.05) is 24.2 Å². The van der Waals surface area contributed by atoms with Crippen molar-refractivity contribution in [2.24, 2.45) is 0 Å². The maximum absolute atomic E-state index is 7.83. The molecule has 0 saturated carbocycles. The van der Waals surface area contributed by atoms with Gasteiger partial charge in [-0.25, -0.2) is 0 Å². The van der Waals surface area contributed by atoms with Crippen LogP contribution in [0.1, 0.15) is 44.5 Å². The Bertz CT molecular complexity index is 1190. The molecule has 2 atom stereocenters. The predicted molar refractivity (Wildman–Crippen MR) is 189 cm³/mol. The molecule has 0 amide bonds. The van der Waals surface area contributed by atoms with Crippen LogP contribution < -0.4 is 10.9 Å². The summed E-state index contributed by atoms with van der Waals surface area (Å²) in [4.78, 5) is 0.503. The van der Waals surface area contributed by atoms with E-state index in [4.69, 9.17) is 4.57 Å². The minimum absolute atomic E-state index is 0.181. The molecule has 0 aliphatic carbocycles. The summed E-state index contributed by atoms with van der Waals surface area (Å²) in [6.45, 7) is 43.9. The van der Waals surface area contributed by atoms with Crippen LogP contribution in [-0.2, 0) is 4.57 Å². The van der Waals surface area contributed by atoms with Crippen molar-refractivity contribution in [3.63, 3.8) is 0 Å². The molecule has 210 valence electrons. The lowest BCUT2D eigenvalue weighted by atomic mass is 9.38. The van der Waals surface area contributed by atoms with Gasteiger partial charge in [0.1, 0.15) is 6.71 Å². The van der Waals surface area contributed by atoms with Crippen molar-refractivity contribution in [3.8, 4) is 0 Å². The molecule has 7 heteroatoms. The summed E-state index contributed by atoms with van der Waals surface area (Å²) in [5.41, 5.74) is 14.6. The fourth-order valence-electron chi connectivity index (χ4n) is 9.63. The molecule has 0 bridgehead atoms. The number of benzene rings is 2. The van der Waals surface area contributed by atoms with Crippen molar-refractivity contribution in [1.29, 1.82) is 0 Å². The topological polar surface area (TPSA) is 9.23 Å². The van der Waals surface area contributed by atoms with E-state index in [0.29, 0.717) is 0 Å². The molecule has 2 unspecified atom stereocenters. The Hall–Kier alpha value is -0.755. The van der Waals surface area contributed by atoms with Gasteiger partial charge in [0.2, 0.25) is 0 Å². The third-order valence-corrected chi connectivity index (χ3v) is 20.4. The molecule has 0 aromatic heterocycles. The first-order valence-electron chi connectivity index (χ1n) is 15.4. The molecular formula is C32H55B3OSi3. The van der Waals surface area contributed by atoms with E-state index in [1.807, 2.05) is 0 Å². The SMILES string of the molecule is Cc1cc(C)c(C)c(B2OB(c3c(C)c(C)cc(C)c3C)C3([Si](C)(C)C)B(C[Si](C)(C)C)C23[Si](C)(C)C)c1C. The summed E-state index contributed by atoms with van der Waals surface area (Å²) in [7, 11) is -4.85. The molecule has 39 heavy (non-hydrogen) atoms. The van der Waals surface area contributed by atoms with Gasteiger partial charge in [0.05, 0.1) is 0 Å². The molecule has 0 radical (unpaired) electrons. The van der Waals surface area contributed by atoms with E-state index in [2.05, 4.69) is 126 Å². The molecule has 2 aliphatic rings. The Labute approximate surface area is 246 Å². The van der Waals surface area contributed by atoms with E-state index in [1.54, 1.807) is 0 Å². The summed E-state index contributed by atoms with van der Waals surface area (Å²) >= 11 is 0. The van der Waals surface area contributed by atoms with Crippen molar-refractivity contribution in [2.45, 2.75) is 130 Å². The lowest BCUT2D eigenvalue weighted by Crippen LogP contribution is -2.55. The van der Waals surface area contributed by atoms with E-state index < -0.39 is 24.2 Å². The molecule has 1 nitrogen and oxygen atoms in total. The van der Waals surface area contributed by atoms with Gasteiger partial charge in [0.15, 0.2) is 0 Å². The smallest absolute Gasteiger partial charge is 0.307 e. The monoisotopic (exact) mass is 572 g/mol. The van der Waals surface area contributed by atoms with Crippen LogP contribution in [0.2, 0.25) is 74.5 Å². The quantitative estimate of drug-likeness (QED) is 0.319. The molecule has 2 saturated heterocycles. The average molecular weight is 572 g/mol. The minimum atomic E-state index is -1.75. The number of aryl methyl sites for hydroxylation is 4. The van der Waals surface area contributed by atoms with Gasteiger partial charge in [-0.1, -0.05) is 109 Å². The van der Waals surface area contributed by atoms with Crippen LogP contribution in [0.5, 0.6) is 0 Å². The molecule has 4 rings (SSSR count). The minimum Gasteiger partial charge on any atom is -0.492 e. The Morgan fingerprint density at radius 2 is 0.821 bits per heavy atom. The second kappa shape index (κ2) is 9.37. The Morgan fingerprint density at radius 1 is 0.538 bits per heavy atom. The summed E-state index contributed by atoms with van der Waals surface area (Å²) in [6, 6.07) is 4.80. The zero-order valence-corrected chi connectivity index (χ0v) is 31.5. The van der Waals surface area contributed by atoms with Crippen molar-refractivity contribution in [3.05, 3.63) is 56.6 Å². The van der Waals surface area contributed by atoms with Gasteiger partial charge in [-0.05, 0) is 88.6 Å². The van der Waals surface area contributed by atoms with Crippen molar-refractivity contribution in [1.82, 2.24) is 0 Å². The molecule has 2 aromatic rings. The highest BCUT2D eigenvalue weighted by Gasteiger charge is 2.94. The van der Waals surface area contributed by atoms with Crippen molar-refractivity contribution >= 4 is 55.7 Å². The lowest BCUT2D eigenvalue weighted by molar-refractivity contribution is 0.625. The standard InChI is InChI=1S/C32H55B3OSi3/c1-21-18-22(2)26(6)29(25(21)5)34-31(38(12,13)14)32(39(15,16)17,33(31)20-37(9,10)11)35(36-34)30-27(7)23(3)19-24(4)28(30)8/h18-19H,20H2,1-17H3. The van der Waals surface area contributed by atoms with Crippen LogP contribution in [-0.4, -0.2) is 44.8 Å². The normalized spacial score (nSPS) is 23.6. The van der Waals surface area contributed by atoms with E-state index in [0.717, 1.165) is 6.71 Å². The molecule has 0 N–H and O–H groups in total. The number of rotatable bonds is 6. The van der Waals surface area contributed by atoms with E-state index in [-0.39, 0.29) is 23.5 Å². The number of hydrogen-bond acceptors (Lipinski definition) is 1. The Morgan fingerprint density at radius 3 is 1.05 bits per heavy atom. The van der Waals surface area contributed by atoms with Crippen LogP contribution in [0.4, 0.5) is 0 Å². The van der Waals surface area contributed by atoms with Gasteiger partial charge in [-0.3, -0.25) is 0 Å². The Balaban J connectivity index is 2.20. The molecule has 2 heterocycles. The highest BCUT2D eigenvalue weighted by molar-refractivity contribution is 7.36. The number of fused-ring (bicyclic) bond motifs is 1. The second-order valence-electron chi connectivity index (χ2n) is 16.8. The van der Waals surface area contributed by atoms with Gasteiger partial charge < -0.3 is 4.57 Å². The fraction of sp³-hybridized carbons (Fsp3) is 0.625. The summed E-state index contributed by atoms with van der Waals surface area (Å²) in [5.74, 6) is 1.42.